The van der Waals surface area contributed by atoms with Gasteiger partial charge in [-0.1, -0.05) is 0 Å². The van der Waals surface area contributed by atoms with E-state index in [-0.39, 0.29) is 12.3 Å². The van der Waals surface area contributed by atoms with E-state index in [1.807, 2.05) is 5.32 Å². The van der Waals surface area contributed by atoms with Crippen molar-refractivity contribution in [3.63, 3.8) is 0 Å². The summed E-state index contributed by atoms with van der Waals surface area (Å²) in [4.78, 5) is 26.2. The molecule has 0 saturated heterocycles. The molecule has 0 aliphatic carbocycles. The van der Waals surface area contributed by atoms with Crippen molar-refractivity contribution in [3.8, 4) is 0 Å². The van der Waals surface area contributed by atoms with Gasteiger partial charge in [-0.25, -0.2) is 9.78 Å². The number of nitrogens with one attached hydrogen (secondary N) is 1. The van der Waals surface area contributed by atoms with Crippen LogP contribution in [0.4, 0.5) is 4.79 Å². The topological polar surface area (TPSA) is 79.3 Å². The van der Waals surface area contributed by atoms with Crippen molar-refractivity contribution in [2.45, 2.75) is 13.8 Å². The zero-order valence-electron chi connectivity index (χ0n) is 7.83. The van der Waals surface area contributed by atoms with Gasteiger partial charge in [-0.15, -0.1) is 11.3 Å². The molecule has 0 bridgehead atoms. The fourth-order valence-electron chi connectivity index (χ4n) is 1.03. The maximum Gasteiger partial charge on any atom is 0.405 e. The van der Waals surface area contributed by atoms with Gasteiger partial charge >= 0.3 is 6.09 Å². The second kappa shape index (κ2) is 4.19. The highest BCUT2D eigenvalue weighted by atomic mass is 32.1. The summed E-state index contributed by atoms with van der Waals surface area (Å²) in [6.45, 7) is 3.34. The van der Waals surface area contributed by atoms with Crippen molar-refractivity contribution < 1.29 is 14.7 Å². The van der Waals surface area contributed by atoms with Crippen molar-refractivity contribution in [3.05, 3.63) is 15.6 Å². The van der Waals surface area contributed by atoms with Crippen LogP contribution in [0.1, 0.15) is 20.4 Å². The fraction of sp³-hybridized carbons (Fsp3) is 0.375. The molecule has 1 heterocycles. The Morgan fingerprint density at radius 3 is 2.57 bits per heavy atom. The maximum absolute atomic E-state index is 11.4. The van der Waals surface area contributed by atoms with Gasteiger partial charge in [0.2, 0.25) is 0 Å². The number of hydrogen-bond donors (Lipinski definition) is 2. The van der Waals surface area contributed by atoms with Crippen LogP contribution < -0.4 is 5.32 Å². The van der Waals surface area contributed by atoms with Crippen LogP contribution >= 0.6 is 11.3 Å². The first-order chi connectivity index (χ1) is 6.50. The zero-order valence-corrected chi connectivity index (χ0v) is 8.64. The van der Waals surface area contributed by atoms with E-state index in [1.54, 1.807) is 13.8 Å². The fourth-order valence-corrected chi connectivity index (χ4v) is 1.88. The van der Waals surface area contributed by atoms with Crippen LogP contribution in [0, 0.1) is 13.8 Å². The van der Waals surface area contributed by atoms with Crippen LogP contribution in [0.15, 0.2) is 0 Å². The number of rotatable bonds is 3. The number of aromatic nitrogens is 1. The van der Waals surface area contributed by atoms with Crippen molar-refractivity contribution >= 4 is 23.2 Å². The molecule has 0 atom stereocenters. The predicted molar refractivity (Wildman–Crippen MR) is 51.9 cm³/mol. The van der Waals surface area contributed by atoms with Crippen LogP contribution in [-0.4, -0.2) is 28.5 Å². The normalized spacial score (nSPS) is 9.86. The van der Waals surface area contributed by atoms with Crippen molar-refractivity contribution in [2.75, 3.05) is 6.54 Å². The van der Waals surface area contributed by atoms with E-state index in [0.29, 0.717) is 10.6 Å². The van der Waals surface area contributed by atoms with E-state index < -0.39 is 6.09 Å². The Labute approximate surface area is 84.8 Å². The van der Waals surface area contributed by atoms with E-state index in [0.717, 1.165) is 5.01 Å². The highest BCUT2D eigenvalue weighted by molar-refractivity contribution is 7.13. The lowest BCUT2D eigenvalue weighted by molar-refractivity contribution is 0.0990. The average molecular weight is 214 g/mol. The van der Waals surface area contributed by atoms with E-state index in [2.05, 4.69) is 4.98 Å². The highest BCUT2D eigenvalue weighted by Gasteiger charge is 2.13. The van der Waals surface area contributed by atoms with Gasteiger partial charge in [0.1, 0.15) is 0 Å². The van der Waals surface area contributed by atoms with Crippen molar-refractivity contribution in [1.29, 1.82) is 0 Å². The van der Waals surface area contributed by atoms with Gasteiger partial charge in [-0.2, -0.15) is 0 Å². The summed E-state index contributed by atoms with van der Waals surface area (Å²) >= 11 is 1.28. The summed E-state index contributed by atoms with van der Waals surface area (Å²) in [5, 5.41) is 11.1. The van der Waals surface area contributed by atoms with Crippen LogP contribution in [0.5, 0.6) is 0 Å². The molecule has 0 aliphatic rings. The lowest BCUT2D eigenvalue weighted by atomic mass is 10.3. The Balaban J connectivity index is 2.69. The van der Waals surface area contributed by atoms with Crippen LogP contribution in [0.3, 0.4) is 0 Å². The van der Waals surface area contributed by atoms with Gasteiger partial charge < -0.3 is 10.4 Å². The van der Waals surface area contributed by atoms with E-state index in [4.69, 9.17) is 5.11 Å². The van der Waals surface area contributed by atoms with Crippen LogP contribution in [-0.2, 0) is 0 Å². The summed E-state index contributed by atoms with van der Waals surface area (Å²) in [5.41, 5.74) is 0.657. The summed E-state index contributed by atoms with van der Waals surface area (Å²) < 4.78 is 0. The monoisotopic (exact) mass is 214 g/mol. The number of aryl methyl sites for hydroxylation is 2. The van der Waals surface area contributed by atoms with Gasteiger partial charge in [0, 0.05) is 0 Å². The molecule has 6 heteroatoms. The molecule has 0 saturated carbocycles. The summed E-state index contributed by atoms with van der Waals surface area (Å²) in [6, 6.07) is 0. The molecule has 14 heavy (non-hydrogen) atoms. The summed E-state index contributed by atoms with van der Waals surface area (Å²) in [6.07, 6.45) is -1.20. The van der Waals surface area contributed by atoms with Crippen molar-refractivity contribution in [1.82, 2.24) is 10.3 Å². The molecule has 0 aromatic carbocycles. The molecule has 0 spiro atoms. The number of carbonyl (C=O) groups excluding carboxylic acids is 1. The standard InChI is InChI=1S/C8H10N2O3S/c1-4-7(14-5(2)10-4)6(11)3-9-8(12)13/h9H,3H2,1-2H3,(H,12,13). The largest absolute Gasteiger partial charge is 0.465 e. The molecule has 2 N–H and O–H groups in total. The molecule has 5 nitrogen and oxygen atoms in total. The number of carboxylic acid groups (broad SMARTS) is 1. The van der Waals surface area contributed by atoms with E-state index in [1.165, 1.54) is 11.3 Å². The molecule has 0 fully saturated rings. The van der Waals surface area contributed by atoms with E-state index >= 15 is 0 Å². The number of ketones is 1. The molecule has 0 aliphatic heterocycles. The molecule has 0 unspecified atom stereocenters. The third kappa shape index (κ3) is 2.53. The van der Waals surface area contributed by atoms with Gasteiger partial charge in [0.25, 0.3) is 0 Å². The number of hydrogen-bond acceptors (Lipinski definition) is 4. The number of nitrogens with zero attached hydrogens (tertiary/aromatic N) is 1. The van der Waals surface area contributed by atoms with Gasteiger partial charge in [0.05, 0.1) is 22.1 Å². The minimum Gasteiger partial charge on any atom is -0.465 e. The Bertz CT molecular complexity index is 373. The molecular formula is C8H10N2O3S. The molecule has 1 aromatic rings. The first-order valence-electron chi connectivity index (χ1n) is 3.94. The van der Waals surface area contributed by atoms with Gasteiger partial charge in [-0.05, 0) is 13.8 Å². The third-order valence-corrected chi connectivity index (χ3v) is 2.67. The molecule has 1 aromatic heterocycles. The first kappa shape index (κ1) is 10.6. The molecule has 0 radical (unpaired) electrons. The molecule has 1 amide bonds. The smallest absolute Gasteiger partial charge is 0.405 e. The Morgan fingerprint density at radius 2 is 2.14 bits per heavy atom. The third-order valence-electron chi connectivity index (χ3n) is 1.56. The van der Waals surface area contributed by atoms with Crippen LogP contribution in [0.25, 0.3) is 0 Å². The highest BCUT2D eigenvalue weighted by Crippen LogP contribution is 2.17. The van der Waals surface area contributed by atoms with Gasteiger partial charge in [0.15, 0.2) is 5.78 Å². The molecular weight excluding hydrogens is 204 g/mol. The van der Waals surface area contributed by atoms with E-state index in [9.17, 15) is 9.59 Å². The molecule has 1 rings (SSSR count). The van der Waals surface area contributed by atoms with Crippen molar-refractivity contribution in [2.24, 2.45) is 0 Å². The second-order valence-corrected chi connectivity index (χ2v) is 3.93. The predicted octanol–water partition coefficient (Wildman–Crippen LogP) is 1.21. The van der Waals surface area contributed by atoms with Crippen LogP contribution in [0.2, 0.25) is 0 Å². The summed E-state index contributed by atoms with van der Waals surface area (Å²) in [5.74, 6) is -0.240. The summed E-state index contributed by atoms with van der Waals surface area (Å²) in [7, 11) is 0. The average Bonchev–Trinajstić information content (AvgIpc) is 2.41. The lowest BCUT2D eigenvalue weighted by Crippen LogP contribution is -2.27. The first-order valence-corrected chi connectivity index (χ1v) is 4.76. The quantitative estimate of drug-likeness (QED) is 0.741. The molecule has 76 valence electrons. The zero-order chi connectivity index (χ0) is 10.7. The number of Topliss-reactive ketones (excluding diaryl/α,β-unsaturated/α-hetero) is 1. The second-order valence-electron chi connectivity index (χ2n) is 2.73. The number of thiazole rings is 1. The number of carbonyl (C=O) groups is 2. The number of amides is 1. The maximum atomic E-state index is 11.4. The minimum absolute atomic E-state index is 0.197. The van der Waals surface area contributed by atoms with Gasteiger partial charge in [-0.3, -0.25) is 4.79 Å². The lowest BCUT2D eigenvalue weighted by Gasteiger charge is -1.97. The Hall–Kier alpha value is -1.43. The SMILES string of the molecule is Cc1nc(C)c(C(=O)CNC(=O)O)s1. The Morgan fingerprint density at radius 1 is 1.50 bits per heavy atom. The minimum atomic E-state index is -1.20. The Kier molecular flexibility index (Phi) is 3.19.